The van der Waals surface area contributed by atoms with Crippen LogP contribution in [0.25, 0.3) is 0 Å². The van der Waals surface area contributed by atoms with Gasteiger partial charge in [-0.05, 0) is 49.2 Å². The summed E-state index contributed by atoms with van der Waals surface area (Å²) in [6.07, 6.45) is -2.03. The molecule has 0 unspecified atom stereocenters. The summed E-state index contributed by atoms with van der Waals surface area (Å²) in [7, 11) is 0. The summed E-state index contributed by atoms with van der Waals surface area (Å²) >= 11 is 3.05. The molecule has 0 aliphatic heterocycles. The van der Waals surface area contributed by atoms with E-state index in [-0.39, 0.29) is 41.6 Å². The molecule has 3 N–H and O–H groups in total. The molecule has 0 bridgehead atoms. The SMILES string of the molecule is O=C(CC1(C(=O)NCc2ccc(Nc3ccc(Br)cc3C(F)(F)F)cn2)CC1)c1cccc(=O)[nH]1. The van der Waals surface area contributed by atoms with Gasteiger partial charge in [0, 0.05) is 17.0 Å². The smallest absolute Gasteiger partial charge is 0.354 e. The number of H-pyrrole nitrogens is 1. The van der Waals surface area contributed by atoms with Crippen molar-refractivity contribution < 1.29 is 22.8 Å². The number of carbonyl (C=O) groups is 2. The predicted octanol–water partition coefficient (Wildman–Crippen LogP) is 4.96. The van der Waals surface area contributed by atoms with Crippen LogP contribution in [0.4, 0.5) is 24.5 Å². The number of anilines is 2. The third-order valence-electron chi connectivity index (χ3n) is 5.72. The highest BCUT2D eigenvalue weighted by atomic mass is 79.9. The van der Waals surface area contributed by atoms with E-state index in [4.69, 9.17) is 0 Å². The first-order valence-corrected chi connectivity index (χ1v) is 11.4. The lowest BCUT2D eigenvalue weighted by atomic mass is 9.96. The minimum absolute atomic E-state index is 0.0101. The van der Waals surface area contributed by atoms with Crippen LogP contribution in [0.1, 0.15) is 41.0 Å². The Hall–Kier alpha value is -3.47. The highest BCUT2D eigenvalue weighted by Gasteiger charge is 2.51. The molecule has 1 saturated carbocycles. The Morgan fingerprint density at radius 2 is 1.89 bits per heavy atom. The molecule has 2 aromatic heterocycles. The monoisotopic (exact) mass is 548 g/mol. The first-order chi connectivity index (χ1) is 16.6. The van der Waals surface area contributed by atoms with E-state index in [0.717, 1.165) is 6.07 Å². The number of nitrogens with zero attached hydrogens (tertiary/aromatic N) is 1. The summed E-state index contributed by atoms with van der Waals surface area (Å²) in [6.45, 7) is 0.101. The number of benzene rings is 1. The first kappa shape index (κ1) is 24.6. The Morgan fingerprint density at radius 3 is 2.51 bits per heavy atom. The van der Waals surface area contributed by atoms with Crippen LogP contribution in [0.15, 0.2) is 64.0 Å². The molecular formula is C24H20BrF3N4O3. The molecule has 1 amide bonds. The van der Waals surface area contributed by atoms with Gasteiger partial charge in [0.1, 0.15) is 0 Å². The van der Waals surface area contributed by atoms with Crippen LogP contribution in [0, 0.1) is 5.41 Å². The normalized spacial score (nSPS) is 14.3. The number of aromatic amines is 1. The number of hydrogen-bond acceptors (Lipinski definition) is 5. The van der Waals surface area contributed by atoms with Crippen LogP contribution < -0.4 is 16.2 Å². The zero-order chi connectivity index (χ0) is 25.2. The molecule has 7 nitrogen and oxygen atoms in total. The highest BCUT2D eigenvalue weighted by molar-refractivity contribution is 9.10. The number of amides is 1. The van der Waals surface area contributed by atoms with Crippen molar-refractivity contribution in [3.8, 4) is 0 Å². The van der Waals surface area contributed by atoms with Gasteiger partial charge in [0.05, 0.1) is 46.5 Å². The molecule has 11 heteroatoms. The maximum absolute atomic E-state index is 13.3. The van der Waals surface area contributed by atoms with Gasteiger partial charge in [0.2, 0.25) is 11.5 Å². The lowest BCUT2D eigenvalue weighted by Gasteiger charge is -2.16. The number of pyridine rings is 2. The van der Waals surface area contributed by atoms with Crippen molar-refractivity contribution in [3.63, 3.8) is 0 Å². The van der Waals surface area contributed by atoms with Gasteiger partial charge in [-0.2, -0.15) is 13.2 Å². The highest BCUT2D eigenvalue weighted by Crippen LogP contribution is 2.49. The van der Waals surface area contributed by atoms with Crippen molar-refractivity contribution in [1.29, 1.82) is 0 Å². The summed E-state index contributed by atoms with van der Waals surface area (Å²) in [5.41, 5.74) is -1.08. The standard InChI is InChI=1S/C24H20BrF3N4O3/c25-14-4-7-18(17(10-14)24(26,27)28)31-16-6-5-15(29-13-16)12-30-22(35)23(8-9-23)11-20(33)19-2-1-3-21(34)32-19/h1-7,10,13,31H,8-9,11-12H2,(H,30,35)(H,32,34). The molecule has 3 aromatic rings. The zero-order valence-electron chi connectivity index (χ0n) is 18.2. The minimum Gasteiger partial charge on any atom is -0.354 e. The van der Waals surface area contributed by atoms with Crippen LogP contribution in [0.3, 0.4) is 0 Å². The minimum atomic E-state index is -4.53. The first-order valence-electron chi connectivity index (χ1n) is 10.7. The molecule has 1 aromatic carbocycles. The second-order valence-electron chi connectivity index (χ2n) is 8.34. The molecule has 4 rings (SSSR count). The van der Waals surface area contributed by atoms with Crippen molar-refractivity contribution in [2.45, 2.75) is 32.0 Å². The summed E-state index contributed by atoms with van der Waals surface area (Å²) in [4.78, 5) is 43.3. The van der Waals surface area contributed by atoms with Crippen LogP contribution >= 0.6 is 15.9 Å². The van der Waals surface area contributed by atoms with Gasteiger partial charge < -0.3 is 15.6 Å². The topological polar surface area (TPSA) is 104 Å². The van der Waals surface area contributed by atoms with Crippen molar-refractivity contribution in [3.05, 3.63) is 86.5 Å². The van der Waals surface area contributed by atoms with Crippen LogP contribution in [-0.4, -0.2) is 21.7 Å². The van der Waals surface area contributed by atoms with E-state index < -0.39 is 17.2 Å². The van der Waals surface area contributed by atoms with Crippen molar-refractivity contribution in [2.24, 2.45) is 5.41 Å². The maximum Gasteiger partial charge on any atom is 0.418 e. The number of aromatic nitrogens is 2. The van der Waals surface area contributed by atoms with Gasteiger partial charge in [-0.3, -0.25) is 19.4 Å². The van der Waals surface area contributed by atoms with E-state index >= 15 is 0 Å². The Bertz CT molecular complexity index is 1320. The molecule has 1 aliphatic rings. The maximum atomic E-state index is 13.3. The van der Waals surface area contributed by atoms with Gasteiger partial charge in [-0.15, -0.1) is 0 Å². The zero-order valence-corrected chi connectivity index (χ0v) is 19.8. The molecule has 35 heavy (non-hydrogen) atoms. The number of halogens is 4. The van der Waals surface area contributed by atoms with E-state index in [1.54, 1.807) is 12.1 Å². The molecule has 182 valence electrons. The summed E-state index contributed by atoms with van der Waals surface area (Å²) in [5, 5.41) is 5.49. The average molecular weight is 549 g/mol. The molecule has 1 aliphatic carbocycles. The predicted molar refractivity (Wildman–Crippen MR) is 126 cm³/mol. The third-order valence-corrected chi connectivity index (χ3v) is 6.22. The van der Waals surface area contributed by atoms with Crippen molar-refractivity contribution in [2.75, 3.05) is 5.32 Å². The fraction of sp³-hybridized carbons (Fsp3) is 0.250. The average Bonchev–Trinajstić information content (AvgIpc) is 3.59. The summed E-state index contributed by atoms with van der Waals surface area (Å²) < 4.78 is 40.2. The quantitative estimate of drug-likeness (QED) is 0.345. The molecule has 0 saturated heterocycles. The second-order valence-corrected chi connectivity index (χ2v) is 9.26. The van der Waals surface area contributed by atoms with Gasteiger partial charge in [-0.1, -0.05) is 22.0 Å². The molecule has 0 atom stereocenters. The lowest BCUT2D eigenvalue weighted by Crippen LogP contribution is -2.33. The molecular weight excluding hydrogens is 529 g/mol. The Morgan fingerprint density at radius 1 is 1.11 bits per heavy atom. The van der Waals surface area contributed by atoms with Gasteiger partial charge in [-0.25, -0.2) is 0 Å². The molecule has 1 fully saturated rings. The van der Waals surface area contributed by atoms with Crippen LogP contribution in [0.5, 0.6) is 0 Å². The van der Waals surface area contributed by atoms with Gasteiger partial charge >= 0.3 is 6.18 Å². The second kappa shape index (κ2) is 9.65. The molecule has 0 radical (unpaired) electrons. The largest absolute Gasteiger partial charge is 0.418 e. The van der Waals surface area contributed by atoms with Crippen molar-refractivity contribution >= 4 is 39.0 Å². The number of Topliss-reactive ketones (excluding diaryl/α,β-unsaturated/α-hetero) is 1. The lowest BCUT2D eigenvalue weighted by molar-refractivity contribution is -0.137. The number of carbonyl (C=O) groups excluding carboxylic acids is 2. The Balaban J connectivity index is 1.35. The van der Waals surface area contributed by atoms with E-state index in [1.807, 2.05) is 0 Å². The van der Waals surface area contributed by atoms with Gasteiger partial charge in [0.25, 0.3) is 0 Å². The van der Waals surface area contributed by atoms with E-state index in [9.17, 15) is 27.6 Å². The fourth-order valence-corrected chi connectivity index (χ4v) is 3.99. The number of hydrogen-bond donors (Lipinski definition) is 3. The van der Waals surface area contributed by atoms with Crippen LogP contribution in [0.2, 0.25) is 0 Å². The Labute approximate surface area is 206 Å². The van der Waals surface area contributed by atoms with E-state index in [1.165, 1.54) is 36.5 Å². The number of alkyl halides is 3. The van der Waals surface area contributed by atoms with E-state index in [0.29, 0.717) is 28.7 Å². The number of nitrogens with one attached hydrogen (secondary N) is 3. The molecule has 2 heterocycles. The summed E-state index contributed by atoms with van der Waals surface area (Å²) in [6, 6.07) is 11.3. The summed E-state index contributed by atoms with van der Waals surface area (Å²) in [5.74, 6) is -0.590. The van der Waals surface area contributed by atoms with Gasteiger partial charge in [0.15, 0.2) is 5.78 Å². The molecule has 0 spiro atoms. The van der Waals surface area contributed by atoms with Crippen molar-refractivity contribution in [1.82, 2.24) is 15.3 Å². The fourth-order valence-electron chi connectivity index (χ4n) is 3.62. The van der Waals surface area contributed by atoms with Crippen LogP contribution in [-0.2, 0) is 17.5 Å². The number of rotatable bonds is 8. The Kier molecular flexibility index (Phi) is 6.79. The number of ketones is 1. The third kappa shape index (κ3) is 5.97. The van der Waals surface area contributed by atoms with E-state index in [2.05, 4.69) is 36.5 Å².